The van der Waals surface area contributed by atoms with Gasteiger partial charge in [0.25, 0.3) is 0 Å². The average molecular weight is 254 g/mol. The van der Waals surface area contributed by atoms with Crippen LogP contribution >= 0.6 is 11.3 Å². The first-order chi connectivity index (χ1) is 7.13. The van der Waals surface area contributed by atoms with Crippen LogP contribution in [0, 0.1) is 0 Å². The highest BCUT2D eigenvalue weighted by Gasteiger charge is 2.36. The van der Waals surface area contributed by atoms with Crippen molar-refractivity contribution in [1.82, 2.24) is 10.2 Å². The summed E-state index contributed by atoms with van der Waals surface area (Å²) in [5.41, 5.74) is 3.87. The maximum absolute atomic E-state index is 12.2. The van der Waals surface area contributed by atoms with Crippen LogP contribution in [0.2, 0.25) is 0 Å². The molecule has 0 fully saturated rings. The predicted octanol–water partition coefficient (Wildman–Crippen LogP) is 1.23. The van der Waals surface area contributed by atoms with Crippen LogP contribution in [0.25, 0.3) is 0 Å². The number of carbonyl (C=O) groups excluding carboxylic acids is 1. The molecule has 0 saturated carbocycles. The number of nitrogens with two attached hydrogens (primary N) is 1. The highest BCUT2D eigenvalue weighted by atomic mass is 32.1. The van der Waals surface area contributed by atoms with Gasteiger partial charge in [0.05, 0.1) is 0 Å². The number of nitrogens with one attached hydrogen (secondary N) is 1. The number of anilines is 1. The molecule has 0 aliphatic carbocycles. The molecule has 0 aliphatic rings. The Morgan fingerprint density at radius 1 is 1.38 bits per heavy atom. The second-order valence-electron chi connectivity index (χ2n) is 3.52. The van der Waals surface area contributed by atoms with Crippen LogP contribution in [0.15, 0.2) is 0 Å². The molecule has 0 bridgehead atoms. The van der Waals surface area contributed by atoms with Crippen LogP contribution in [0.3, 0.4) is 0 Å². The monoisotopic (exact) mass is 254 g/mol. The molecule has 1 aromatic heterocycles. The largest absolute Gasteiger partial charge is 0.445 e. The molecular weight excluding hydrogens is 245 g/mol. The Labute approximate surface area is 92.9 Å². The topological polar surface area (TPSA) is 80.9 Å². The zero-order valence-electron chi connectivity index (χ0n) is 8.42. The van der Waals surface area contributed by atoms with Crippen LogP contribution in [-0.4, -0.2) is 21.6 Å². The molecule has 1 amide bonds. The summed E-state index contributed by atoms with van der Waals surface area (Å²) < 4.78 is 36.5. The normalized spacial score (nSPS) is 12.6. The highest BCUT2D eigenvalue weighted by molar-refractivity contribution is 7.15. The first-order valence-corrected chi connectivity index (χ1v) is 4.93. The third-order valence-corrected chi connectivity index (χ3v) is 2.59. The van der Waals surface area contributed by atoms with E-state index in [1.54, 1.807) is 0 Å². The van der Waals surface area contributed by atoms with E-state index in [-0.39, 0.29) is 5.13 Å². The lowest BCUT2D eigenvalue weighted by molar-refractivity contribution is -0.138. The van der Waals surface area contributed by atoms with E-state index in [0.29, 0.717) is 11.3 Å². The highest BCUT2D eigenvalue weighted by Crippen LogP contribution is 2.33. The van der Waals surface area contributed by atoms with Crippen molar-refractivity contribution < 1.29 is 18.0 Å². The Morgan fingerprint density at radius 3 is 2.31 bits per heavy atom. The van der Waals surface area contributed by atoms with Gasteiger partial charge in [0.2, 0.25) is 16.0 Å². The SMILES string of the molecule is CC(C)(Nc1nnc(C(F)(F)F)s1)C(N)=O. The van der Waals surface area contributed by atoms with Gasteiger partial charge < -0.3 is 11.1 Å². The number of hydrogen-bond acceptors (Lipinski definition) is 5. The van der Waals surface area contributed by atoms with E-state index >= 15 is 0 Å². The van der Waals surface area contributed by atoms with Gasteiger partial charge in [-0.25, -0.2) is 0 Å². The van der Waals surface area contributed by atoms with E-state index in [0.717, 1.165) is 0 Å². The second-order valence-corrected chi connectivity index (χ2v) is 4.50. The van der Waals surface area contributed by atoms with Crippen molar-refractivity contribution >= 4 is 22.4 Å². The van der Waals surface area contributed by atoms with Gasteiger partial charge in [-0.3, -0.25) is 4.79 Å². The molecule has 1 rings (SSSR count). The molecule has 0 aromatic carbocycles. The summed E-state index contributed by atoms with van der Waals surface area (Å²) in [5, 5.41) is 7.55. The minimum Gasteiger partial charge on any atom is -0.368 e. The number of carbonyl (C=O) groups is 1. The van der Waals surface area contributed by atoms with Gasteiger partial charge in [0.15, 0.2) is 0 Å². The van der Waals surface area contributed by atoms with Crippen molar-refractivity contribution in [3.05, 3.63) is 5.01 Å². The number of alkyl halides is 3. The summed E-state index contributed by atoms with van der Waals surface area (Å²) in [7, 11) is 0. The number of rotatable bonds is 3. The first kappa shape index (κ1) is 12.7. The maximum atomic E-state index is 12.2. The lowest BCUT2D eigenvalue weighted by atomic mass is 10.1. The van der Waals surface area contributed by atoms with Crippen molar-refractivity contribution in [2.24, 2.45) is 5.73 Å². The second kappa shape index (κ2) is 3.89. The third-order valence-electron chi connectivity index (χ3n) is 1.70. The Kier molecular flexibility index (Phi) is 3.08. The average Bonchev–Trinajstić information content (AvgIpc) is 2.50. The standard InChI is InChI=1S/C7H9F3N4OS/c1-6(2,3(11)15)12-5-14-13-4(16-5)7(8,9)10/h1-2H3,(H2,11,15)(H,12,14). The third kappa shape index (κ3) is 2.81. The summed E-state index contributed by atoms with van der Waals surface area (Å²) in [6, 6.07) is 0. The molecular formula is C7H9F3N4OS. The van der Waals surface area contributed by atoms with Gasteiger partial charge >= 0.3 is 6.18 Å². The number of halogens is 3. The quantitative estimate of drug-likeness (QED) is 0.850. The smallest absolute Gasteiger partial charge is 0.368 e. The molecule has 1 aromatic rings. The number of aromatic nitrogens is 2. The Hall–Kier alpha value is -1.38. The zero-order valence-corrected chi connectivity index (χ0v) is 9.24. The van der Waals surface area contributed by atoms with Crippen LogP contribution in [0.1, 0.15) is 18.9 Å². The molecule has 0 radical (unpaired) electrons. The van der Waals surface area contributed by atoms with Crippen molar-refractivity contribution in [3.8, 4) is 0 Å². The van der Waals surface area contributed by atoms with Gasteiger partial charge in [-0.15, -0.1) is 10.2 Å². The fourth-order valence-electron chi connectivity index (χ4n) is 0.717. The van der Waals surface area contributed by atoms with Gasteiger partial charge in [-0.1, -0.05) is 11.3 Å². The van der Waals surface area contributed by atoms with Crippen molar-refractivity contribution in [3.63, 3.8) is 0 Å². The molecule has 0 unspecified atom stereocenters. The molecule has 3 N–H and O–H groups in total. The summed E-state index contributed by atoms with van der Waals surface area (Å²) >= 11 is 0.318. The van der Waals surface area contributed by atoms with Gasteiger partial charge in [-0.2, -0.15) is 13.2 Å². The minimum absolute atomic E-state index is 0.101. The van der Waals surface area contributed by atoms with Crippen LogP contribution < -0.4 is 11.1 Å². The number of primary amides is 1. The molecule has 90 valence electrons. The van der Waals surface area contributed by atoms with E-state index in [9.17, 15) is 18.0 Å². The van der Waals surface area contributed by atoms with Crippen LogP contribution in [-0.2, 0) is 11.0 Å². The fraction of sp³-hybridized carbons (Fsp3) is 0.571. The van der Waals surface area contributed by atoms with Crippen molar-refractivity contribution in [1.29, 1.82) is 0 Å². The van der Waals surface area contributed by atoms with E-state index in [1.807, 2.05) is 0 Å². The fourth-order valence-corrected chi connectivity index (χ4v) is 1.49. The number of nitrogens with zero attached hydrogens (tertiary/aromatic N) is 2. The number of hydrogen-bond donors (Lipinski definition) is 2. The lowest BCUT2D eigenvalue weighted by Gasteiger charge is -2.20. The summed E-state index contributed by atoms with van der Waals surface area (Å²) in [6.07, 6.45) is -4.53. The zero-order chi connectivity index (χ0) is 12.6. The van der Waals surface area contributed by atoms with Crippen LogP contribution in [0.4, 0.5) is 18.3 Å². The Bertz CT molecular complexity index is 401. The molecule has 9 heteroatoms. The molecule has 0 aliphatic heterocycles. The molecule has 5 nitrogen and oxygen atoms in total. The van der Waals surface area contributed by atoms with Gasteiger partial charge in [0, 0.05) is 0 Å². The molecule has 16 heavy (non-hydrogen) atoms. The van der Waals surface area contributed by atoms with E-state index in [2.05, 4.69) is 15.5 Å². The predicted molar refractivity (Wildman–Crippen MR) is 51.8 cm³/mol. The maximum Gasteiger partial charge on any atom is 0.445 e. The molecule has 0 atom stereocenters. The molecule has 0 saturated heterocycles. The summed E-state index contributed by atoms with van der Waals surface area (Å²) in [4.78, 5) is 10.9. The number of amides is 1. The van der Waals surface area contributed by atoms with Gasteiger partial charge in [0.1, 0.15) is 5.54 Å². The van der Waals surface area contributed by atoms with E-state index in [1.165, 1.54) is 13.8 Å². The van der Waals surface area contributed by atoms with Crippen molar-refractivity contribution in [2.75, 3.05) is 5.32 Å². The van der Waals surface area contributed by atoms with Crippen LogP contribution in [0.5, 0.6) is 0 Å². The van der Waals surface area contributed by atoms with E-state index in [4.69, 9.17) is 5.73 Å². The Balaban J connectivity index is 2.85. The minimum atomic E-state index is -4.53. The Morgan fingerprint density at radius 2 is 1.94 bits per heavy atom. The van der Waals surface area contributed by atoms with E-state index < -0.39 is 22.6 Å². The van der Waals surface area contributed by atoms with Crippen molar-refractivity contribution in [2.45, 2.75) is 25.6 Å². The first-order valence-electron chi connectivity index (χ1n) is 4.12. The molecule has 1 heterocycles. The summed E-state index contributed by atoms with van der Waals surface area (Å²) in [5.74, 6) is -0.698. The summed E-state index contributed by atoms with van der Waals surface area (Å²) in [6.45, 7) is 2.87. The van der Waals surface area contributed by atoms with Gasteiger partial charge in [-0.05, 0) is 13.8 Å². The lowest BCUT2D eigenvalue weighted by Crippen LogP contribution is -2.44. The molecule has 0 spiro atoms.